The van der Waals surface area contributed by atoms with Crippen molar-refractivity contribution < 1.29 is 0 Å². The van der Waals surface area contributed by atoms with Crippen LogP contribution in [0.2, 0.25) is 0 Å². The molecule has 0 radical (unpaired) electrons. The minimum absolute atomic E-state index is 0.551. The highest BCUT2D eigenvalue weighted by Gasteiger charge is 2.09. The van der Waals surface area contributed by atoms with Crippen molar-refractivity contribution in [2.45, 2.75) is 20.3 Å². The molecule has 1 atom stereocenters. The fourth-order valence-corrected chi connectivity index (χ4v) is 1.25. The Kier molecular flexibility index (Phi) is 1.97. The molecule has 0 aromatic rings. The van der Waals surface area contributed by atoms with Crippen LogP contribution in [0.3, 0.4) is 0 Å². The van der Waals surface area contributed by atoms with Gasteiger partial charge in [0.25, 0.3) is 0 Å². The Morgan fingerprint density at radius 2 is 2.30 bits per heavy atom. The molecule has 0 fully saturated rings. The van der Waals surface area contributed by atoms with Crippen molar-refractivity contribution in [2.24, 2.45) is 5.92 Å². The fourth-order valence-electron chi connectivity index (χ4n) is 1.25. The zero-order valence-corrected chi connectivity index (χ0v) is 6.52. The number of rotatable bonds is 0. The minimum atomic E-state index is 0.551. The molecule has 0 saturated heterocycles. The summed E-state index contributed by atoms with van der Waals surface area (Å²) >= 11 is 0. The van der Waals surface area contributed by atoms with E-state index in [1.165, 1.54) is 5.57 Å². The first-order chi connectivity index (χ1) is 4.74. The molecule has 0 nitrogen and oxygen atoms in total. The molecule has 52 valence electrons. The van der Waals surface area contributed by atoms with Crippen molar-refractivity contribution in [3.05, 3.63) is 23.3 Å². The van der Waals surface area contributed by atoms with Gasteiger partial charge in [0.15, 0.2) is 0 Å². The van der Waals surface area contributed by atoms with Crippen LogP contribution in [0.15, 0.2) is 23.3 Å². The van der Waals surface area contributed by atoms with Gasteiger partial charge in [-0.3, -0.25) is 0 Å². The summed E-state index contributed by atoms with van der Waals surface area (Å²) in [4.78, 5) is 0. The van der Waals surface area contributed by atoms with Gasteiger partial charge < -0.3 is 0 Å². The molecular weight excluding hydrogens is 120 g/mol. The van der Waals surface area contributed by atoms with Crippen LogP contribution in [0.4, 0.5) is 0 Å². The highest BCUT2D eigenvalue weighted by molar-refractivity contribution is 5.36. The van der Waals surface area contributed by atoms with Crippen LogP contribution >= 0.6 is 0 Å². The van der Waals surface area contributed by atoms with Gasteiger partial charge >= 0.3 is 0 Å². The van der Waals surface area contributed by atoms with Gasteiger partial charge in [-0.15, -0.1) is 6.42 Å². The molecule has 0 amide bonds. The van der Waals surface area contributed by atoms with Crippen LogP contribution in [-0.4, -0.2) is 0 Å². The molecule has 0 bridgehead atoms. The Labute approximate surface area is 62.6 Å². The Morgan fingerprint density at radius 3 is 2.80 bits per heavy atom. The molecule has 0 saturated carbocycles. The first-order valence-corrected chi connectivity index (χ1v) is 3.58. The third-order valence-electron chi connectivity index (χ3n) is 1.87. The van der Waals surface area contributed by atoms with Gasteiger partial charge in [0, 0.05) is 5.57 Å². The maximum atomic E-state index is 5.29. The number of terminal acetylenes is 1. The van der Waals surface area contributed by atoms with E-state index in [9.17, 15) is 0 Å². The van der Waals surface area contributed by atoms with Crippen molar-refractivity contribution in [1.82, 2.24) is 0 Å². The Balaban J connectivity index is 2.84. The monoisotopic (exact) mass is 132 g/mol. The average molecular weight is 132 g/mol. The lowest BCUT2D eigenvalue weighted by atomic mass is 9.90. The van der Waals surface area contributed by atoms with Crippen LogP contribution in [0.5, 0.6) is 0 Å². The van der Waals surface area contributed by atoms with Crippen molar-refractivity contribution in [2.75, 3.05) is 0 Å². The Morgan fingerprint density at radius 1 is 1.60 bits per heavy atom. The molecule has 0 N–H and O–H groups in total. The van der Waals surface area contributed by atoms with E-state index in [-0.39, 0.29) is 0 Å². The second-order valence-electron chi connectivity index (χ2n) is 2.88. The van der Waals surface area contributed by atoms with Gasteiger partial charge in [-0.2, -0.15) is 0 Å². The lowest BCUT2D eigenvalue weighted by Gasteiger charge is -2.14. The molecule has 0 aliphatic heterocycles. The topological polar surface area (TPSA) is 0 Å². The molecule has 1 aliphatic rings. The minimum Gasteiger partial charge on any atom is -0.115 e. The van der Waals surface area contributed by atoms with Crippen LogP contribution in [0.1, 0.15) is 20.3 Å². The highest BCUT2D eigenvalue weighted by Crippen LogP contribution is 2.23. The summed E-state index contributed by atoms with van der Waals surface area (Å²) in [5.41, 5.74) is 2.55. The van der Waals surface area contributed by atoms with Crippen LogP contribution in [0, 0.1) is 18.3 Å². The molecule has 0 aromatic heterocycles. The molecule has 10 heavy (non-hydrogen) atoms. The standard InChI is InChI=1S/C10H12/c1-4-10-6-5-8(2)7-9(10)3/h1,5-6,9H,7H2,2-3H3. The van der Waals surface area contributed by atoms with Crippen molar-refractivity contribution in [3.63, 3.8) is 0 Å². The van der Waals surface area contributed by atoms with E-state index in [1.54, 1.807) is 0 Å². The van der Waals surface area contributed by atoms with Gasteiger partial charge in [-0.25, -0.2) is 0 Å². The van der Waals surface area contributed by atoms with Crippen molar-refractivity contribution in [3.8, 4) is 12.3 Å². The zero-order chi connectivity index (χ0) is 7.56. The summed E-state index contributed by atoms with van der Waals surface area (Å²) in [6.45, 7) is 4.31. The fraction of sp³-hybridized carbons (Fsp3) is 0.400. The van der Waals surface area contributed by atoms with E-state index in [0.717, 1.165) is 12.0 Å². The van der Waals surface area contributed by atoms with E-state index in [2.05, 4.69) is 25.8 Å². The average Bonchev–Trinajstić information content (AvgIpc) is 1.88. The molecule has 1 unspecified atom stereocenters. The largest absolute Gasteiger partial charge is 0.115 e. The van der Waals surface area contributed by atoms with Crippen LogP contribution < -0.4 is 0 Å². The number of hydrogen-bond donors (Lipinski definition) is 0. The Hall–Kier alpha value is -0.960. The maximum Gasteiger partial charge on any atom is 0.00490 e. The summed E-state index contributed by atoms with van der Waals surface area (Å²) in [5, 5.41) is 0. The van der Waals surface area contributed by atoms with Gasteiger partial charge in [0.05, 0.1) is 0 Å². The molecule has 0 aromatic carbocycles. The van der Waals surface area contributed by atoms with Gasteiger partial charge in [0.2, 0.25) is 0 Å². The predicted octanol–water partition coefficient (Wildman–Crippen LogP) is 2.53. The lowest BCUT2D eigenvalue weighted by molar-refractivity contribution is 0.683. The van der Waals surface area contributed by atoms with E-state index >= 15 is 0 Å². The first-order valence-electron chi connectivity index (χ1n) is 3.58. The SMILES string of the molecule is C#CC1=CC=C(C)CC1C. The molecule has 0 spiro atoms. The smallest absolute Gasteiger partial charge is 0.00490 e. The van der Waals surface area contributed by atoms with Gasteiger partial charge in [-0.1, -0.05) is 30.6 Å². The Bertz CT molecular complexity index is 223. The third kappa shape index (κ3) is 1.30. The lowest BCUT2D eigenvalue weighted by Crippen LogP contribution is -2.01. The van der Waals surface area contributed by atoms with Gasteiger partial charge in [-0.05, 0) is 19.3 Å². The normalized spacial score (nSPS) is 24.7. The summed E-state index contributed by atoms with van der Waals surface area (Å²) in [6, 6.07) is 0. The quantitative estimate of drug-likeness (QED) is 0.444. The second kappa shape index (κ2) is 2.75. The predicted molar refractivity (Wildman–Crippen MR) is 44.5 cm³/mol. The molecule has 1 rings (SSSR count). The van der Waals surface area contributed by atoms with E-state index in [1.807, 2.05) is 6.08 Å². The van der Waals surface area contributed by atoms with E-state index in [4.69, 9.17) is 6.42 Å². The van der Waals surface area contributed by atoms with Crippen LogP contribution in [-0.2, 0) is 0 Å². The van der Waals surface area contributed by atoms with Crippen molar-refractivity contribution >= 4 is 0 Å². The summed E-state index contributed by atoms with van der Waals surface area (Å²) in [6.07, 6.45) is 10.6. The molecule has 0 heterocycles. The first kappa shape index (κ1) is 7.15. The molecular formula is C10H12. The summed E-state index contributed by atoms with van der Waals surface area (Å²) in [7, 11) is 0. The maximum absolute atomic E-state index is 5.29. The summed E-state index contributed by atoms with van der Waals surface area (Å²) in [5.74, 6) is 3.24. The van der Waals surface area contributed by atoms with E-state index in [0.29, 0.717) is 5.92 Å². The third-order valence-corrected chi connectivity index (χ3v) is 1.87. The number of hydrogen-bond acceptors (Lipinski definition) is 0. The van der Waals surface area contributed by atoms with Crippen LogP contribution in [0.25, 0.3) is 0 Å². The number of allylic oxidation sites excluding steroid dienone is 4. The zero-order valence-electron chi connectivity index (χ0n) is 6.52. The second-order valence-corrected chi connectivity index (χ2v) is 2.88. The molecule has 0 heteroatoms. The highest BCUT2D eigenvalue weighted by atomic mass is 14.1. The van der Waals surface area contributed by atoms with Gasteiger partial charge in [0.1, 0.15) is 0 Å². The summed E-state index contributed by atoms with van der Waals surface area (Å²) < 4.78 is 0. The van der Waals surface area contributed by atoms with E-state index < -0.39 is 0 Å². The molecule has 1 aliphatic carbocycles. The van der Waals surface area contributed by atoms with Crippen molar-refractivity contribution in [1.29, 1.82) is 0 Å².